The third-order valence-corrected chi connectivity index (χ3v) is 4.55. The van der Waals surface area contributed by atoms with E-state index in [4.69, 9.17) is 9.47 Å². The average Bonchev–Trinajstić information content (AvgIpc) is 2.70. The fourth-order valence-corrected chi connectivity index (χ4v) is 3.20. The molecule has 0 fully saturated rings. The minimum absolute atomic E-state index is 0.0794. The van der Waals surface area contributed by atoms with E-state index in [0.717, 1.165) is 0 Å². The molecule has 0 spiro atoms. The number of aryl methyl sites for hydroxylation is 1. The Hall–Kier alpha value is -3.38. The minimum Gasteiger partial charge on any atom is -0.490 e. The number of hydrogen-bond donors (Lipinski definition) is 1. The topological polar surface area (TPSA) is 114 Å². The number of carbonyl (C=O) groups is 1. The number of nitrogens with zero attached hydrogens (tertiary/aromatic N) is 2. The number of ether oxygens (including phenoxy) is 2. The van der Waals surface area contributed by atoms with Crippen molar-refractivity contribution in [1.29, 1.82) is 5.26 Å². The van der Waals surface area contributed by atoms with E-state index in [9.17, 15) is 20.2 Å². The van der Waals surface area contributed by atoms with Crippen LogP contribution in [-0.4, -0.2) is 24.0 Å². The minimum atomic E-state index is -0.627. The van der Waals surface area contributed by atoms with Gasteiger partial charge in [0.1, 0.15) is 11.6 Å². The molecule has 30 heavy (non-hydrogen) atoms. The summed E-state index contributed by atoms with van der Waals surface area (Å²) >= 11 is 3.43. The van der Waals surface area contributed by atoms with Crippen LogP contribution >= 0.6 is 15.9 Å². The summed E-state index contributed by atoms with van der Waals surface area (Å²) in [6, 6.07) is 9.35. The fraction of sp³-hybridized carbons (Fsp3) is 0.238. The van der Waals surface area contributed by atoms with Gasteiger partial charge >= 0.3 is 0 Å². The van der Waals surface area contributed by atoms with Crippen molar-refractivity contribution in [2.45, 2.75) is 20.8 Å². The average molecular weight is 474 g/mol. The number of carbonyl (C=O) groups excluding carboxylic acids is 1. The zero-order chi connectivity index (χ0) is 22.3. The Morgan fingerprint density at radius 1 is 1.27 bits per heavy atom. The standard InChI is InChI=1S/C21H20BrN3O5/c1-4-29-19-11-14(10-17(22)20(19)30-5-2)9-15(12-23)21(26)24-18-7-6-16(25(27)28)8-13(18)3/h6-11H,4-5H2,1-3H3,(H,24,26). The summed E-state index contributed by atoms with van der Waals surface area (Å²) in [7, 11) is 0. The number of nitrogens with one attached hydrogen (secondary N) is 1. The van der Waals surface area contributed by atoms with Gasteiger partial charge in [0.15, 0.2) is 11.5 Å². The molecule has 0 radical (unpaired) electrons. The van der Waals surface area contributed by atoms with E-state index < -0.39 is 10.8 Å². The lowest BCUT2D eigenvalue weighted by Gasteiger charge is -2.13. The number of halogens is 1. The van der Waals surface area contributed by atoms with Gasteiger partial charge in [-0.3, -0.25) is 14.9 Å². The van der Waals surface area contributed by atoms with Crippen molar-refractivity contribution in [3.05, 3.63) is 61.6 Å². The molecule has 0 saturated heterocycles. The number of hydrogen-bond acceptors (Lipinski definition) is 6. The molecular formula is C21H20BrN3O5. The Labute approximate surface area is 182 Å². The fourth-order valence-electron chi connectivity index (χ4n) is 2.63. The second-order valence-corrected chi connectivity index (χ2v) is 6.93. The number of rotatable bonds is 8. The van der Waals surface area contributed by atoms with Gasteiger partial charge in [0.25, 0.3) is 11.6 Å². The first-order chi connectivity index (χ1) is 14.3. The molecule has 0 unspecified atom stereocenters. The first-order valence-corrected chi connectivity index (χ1v) is 9.87. The maximum absolute atomic E-state index is 12.6. The summed E-state index contributed by atoms with van der Waals surface area (Å²) in [5.41, 5.74) is 1.25. The summed E-state index contributed by atoms with van der Waals surface area (Å²) in [4.78, 5) is 22.9. The third-order valence-electron chi connectivity index (χ3n) is 3.97. The molecule has 2 aromatic carbocycles. The highest BCUT2D eigenvalue weighted by molar-refractivity contribution is 9.10. The lowest BCUT2D eigenvalue weighted by atomic mass is 10.1. The Morgan fingerprint density at radius 2 is 1.97 bits per heavy atom. The lowest BCUT2D eigenvalue weighted by molar-refractivity contribution is -0.384. The number of amides is 1. The molecule has 1 amide bonds. The molecule has 0 bridgehead atoms. The van der Waals surface area contributed by atoms with Gasteiger partial charge in [-0.25, -0.2) is 0 Å². The first kappa shape index (κ1) is 22.9. The normalized spacial score (nSPS) is 10.8. The van der Waals surface area contributed by atoms with Gasteiger partial charge in [-0.05, 0) is 72.1 Å². The maximum atomic E-state index is 12.6. The Bertz CT molecular complexity index is 1040. The first-order valence-electron chi connectivity index (χ1n) is 9.08. The van der Waals surface area contributed by atoms with Crippen molar-refractivity contribution in [2.75, 3.05) is 18.5 Å². The van der Waals surface area contributed by atoms with Crippen LogP contribution in [0.3, 0.4) is 0 Å². The van der Waals surface area contributed by atoms with Crippen molar-refractivity contribution >= 4 is 39.3 Å². The molecule has 8 nitrogen and oxygen atoms in total. The van der Waals surface area contributed by atoms with E-state index in [1.54, 1.807) is 19.1 Å². The van der Waals surface area contributed by atoms with Gasteiger partial charge < -0.3 is 14.8 Å². The molecular weight excluding hydrogens is 454 g/mol. The smallest absolute Gasteiger partial charge is 0.269 e. The Balaban J connectivity index is 2.34. The SMILES string of the molecule is CCOc1cc(C=C(C#N)C(=O)Nc2ccc([N+](=O)[O-])cc2C)cc(Br)c1OCC. The maximum Gasteiger partial charge on any atom is 0.269 e. The zero-order valence-electron chi connectivity index (χ0n) is 16.7. The molecule has 9 heteroatoms. The Kier molecular flexibility index (Phi) is 7.95. The van der Waals surface area contributed by atoms with Gasteiger partial charge in [0.2, 0.25) is 0 Å². The van der Waals surface area contributed by atoms with E-state index in [0.29, 0.717) is 46.0 Å². The molecule has 2 rings (SSSR count). The lowest BCUT2D eigenvalue weighted by Crippen LogP contribution is -2.14. The van der Waals surface area contributed by atoms with E-state index in [1.165, 1.54) is 24.3 Å². The molecule has 0 saturated carbocycles. The van der Waals surface area contributed by atoms with Crippen LogP contribution in [-0.2, 0) is 4.79 Å². The van der Waals surface area contributed by atoms with Crippen LogP contribution in [0.1, 0.15) is 25.0 Å². The van der Waals surface area contributed by atoms with E-state index >= 15 is 0 Å². The van der Waals surface area contributed by atoms with Crippen LogP contribution in [0.25, 0.3) is 6.08 Å². The molecule has 2 aromatic rings. The van der Waals surface area contributed by atoms with Crippen molar-refractivity contribution in [3.63, 3.8) is 0 Å². The van der Waals surface area contributed by atoms with E-state index in [1.807, 2.05) is 19.9 Å². The van der Waals surface area contributed by atoms with Gasteiger partial charge in [-0.2, -0.15) is 5.26 Å². The van der Waals surface area contributed by atoms with Crippen LogP contribution in [0.4, 0.5) is 11.4 Å². The molecule has 0 aromatic heterocycles. The van der Waals surface area contributed by atoms with Crippen LogP contribution in [0.5, 0.6) is 11.5 Å². The van der Waals surface area contributed by atoms with Crippen LogP contribution in [0, 0.1) is 28.4 Å². The quantitative estimate of drug-likeness (QED) is 0.249. The van der Waals surface area contributed by atoms with Crippen molar-refractivity contribution < 1.29 is 19.2 Å². The summed E-state index contributed by atoms with van der Waals surface area (Å²) < 4.78 is 11.8. The van der Waals surface area contributed by atoms with Crippen LogP contribution in [0.2, 0.25) is 0 Å². The molecule has 1 N–H and O–H groups in total. The summed E-state index contributed by atoms with van der Waals surface area (Å²) in [5.74, 6) is 0.405. The third kappa shape index (κ3) is 5.58. The monoisotopic (exact) mass is 473 g/mol. The molecule has 0 aliphatic rings. The summed E-state index contributed by atoms with van der Waals surface area (Å²) in [6.45, 7) is 6.20. The van der Waals surface area contributed by atoms with Crippen molar-refractivity contribution in [1.82, 2.24) is 0 Å². The van der Waals surface area contributed by atoms with Gasteiger partial charge in [-0.1, -0.05) is 0 Å². The van der Waals surface area contributed by atoms with Gasteiger partial charge in [-0.15, -0.1) is 0 Å². The van der Waals surface area contributed by atoms with Crippen LogP contribution in [0.15, 0.2) is 40.4 Å². The number of anilines is 1. The molecule has 0 aliphatic heterocycles. The van der Waals surface area contributed by atoms with Gasteiger partial charge in [0.05, 0.1) is 22.6 Å². The highest BCUT2D eigenvalue weighted by Gasteiger charge is 2.16. The summed E-state index contributed by atoms with van der Waals surface area (Å²) in [5, 5.41) is 22.9. The Morgan fingerprint density at radius 3 is 2.53 bits per heavy atom. The number of benzene rings is 2. The van der Waals surface area contributed by atoms with E-state index in [2.05, 4.69) is 21.2 Å². The van der Waals surface area contributed by atoms with Crippen molar-refractivity contribution in [3.8, 4) is 17.6 Å². The number of non-ortho nitro benzene ring substituents is 1. The number of nitriles is 1. The highest BCUT2D eigenvalue weighted by atomic mass is 79.9. The van der Waals surface area contributed by atoms with Crippen LogP contribution < -0.4 is 14.8 Å². The van der Waals surface area contributed by atoms with Gasteiger partial charge in [0, 0.05) is 17.8 Å². The number of nitro groups is 1. The predicted molar refractivity (Wildman–Crippen MR) is 117 cm³/mol. The van der Waals surface area contributed by atoms with E-state index in [-0.39, 0.29) is 11.3 Å². The molecule has 156 valence electrons. The molecule has 0 aliphatic carbocycles. The highest BCUT2D eigenvalue weighted by Crippen LogP contribution is 2.37. The van der Waals surface area contributed by atoms with Crippen molar-refractivity contribution in [2.24, 2.45) is 0 Å². The molecule has 0 heterocycles. The molecule has 0 atom stereocenters. The second kappa shape index (κ2) is 10.4. The number of nitro benzene ring substituents is 1. The largest absolute Gasteiger partial charge is 0.490 e. The summed E-state index contributed by atoms with van der Waals surface area (Å²) in [6.07, 6.45) is 1.43. The zero-order valence-corrected chi connectivity index (χ0v) is 18.3. The second-order valence-electron chi connectivity index (χ2n) is 6.08. The predicted octanol–water partition coefficient (Wildman–Crippen LogP) is 5.01.